The fourth-order valence-electron chi connectivity index (χ4n) is 1.47. The van der Waals surface area contributed by atoms with Gasteiger partial charge in [0.1, 0.15) is 5.82 Å². The molecule has 1 aromatic rings. The molecular formula is C13H18BrFO. The Hall–Kier alpha value is -0.410. The highest BCUT2D eigenvalue weighted by atomic mass is 79.9. The molecule has 90 valence electrons. The van der Waals surface area contributed by atoms with Crippen molar-refractivity contribution in [2.75, 3.05) is 6.61 Å². The van der Waals surface area contributed by atoms with E-state index in [1.807, 2.05) is 0 Å². The molecule has 1 rings (SSSR count). The van der Waals surface area contributed by atoms with E-state index in [1.165, 1.54) is 31.4 Å². The Morgan fingerprint density at radius 2 is 2.06 bits per heavy atom. The third-order valence-electron chi connectivity index (χ3n) is 2.41. The lowest BCUT2D eigenvalue weighted by Crippen LogP contribution is -1.97. The highest BCUT2D eigenvalue weighted by Gasteiger charge is 2.01. The van der Waals surface area contributed by atoms with Crippen LogP contribution in [-0.2, 0) is 11.3 Å². The second-order valence-electron chi connectivity index (χ2n) is 3.85. The molecule has 0 unspecified atom stereocenters. The molecule has 16 heavy (non-hydrogen) atoms. The normalized spacial score (nSPS) is 10.7. The Labute approximate surface area is 105 Å². The molecule has 0 aliphatic rings. The summed E-state index contributed by atoms with van der Waals surface area (Å²) in [6, 6.07) is 4.66. The van der Waals surface area contributed by atoms with Crippen molar-refractivity contribution >= 4 is 15.9 Å². The summed E-state index contributed by atoms with van der Waals surface area (Å²) < 4.78 is 19.4. The number of unbranched alkanes of at least 4 members (excludes halogenated alkanes) is 3. The molecule has 0 fully saturated rings. The van der Waals surface area contributed by atoms with Crippen LogP contribution in [0.25, 0.3) is 0 Å². The van der Waals surface area contributed by atoms with Crippen LogP contribution in [0.2, 0.25) is 0 Å². The van der Waals surface area contributed by atoms with Gasteiger partial charge in [0.15, 0.2) is 0 Å². The van der Waals surface area contributed by atoms with Gasteiger partial charge >= 0.3 is 0 Å². The van der Waals surface area contributed by atoms with E-state index >= 15 is 0 Å². The van der Waals surface area contributed by atoms with E-state index < -0.39 is 0 Å². The zero-order valence-corrected chi connectivity index (χ0v) is 11.2. The number of hydrogen-bond acceptors (Lipinski definition) is 1. The molecule has 0 saturated carbocycles. The first kappa shape index (κ1) is 13.7. The maximum absolute atomic E-state index is 12.9. The Balaban J connectivity index is 2.23. The highest BCUT2D eigenvalue weighted by Crippen LogP contribution is 2.18. The molecule has 3 heteroatoms. The molecular weight excluding hydrogens is 271 g/mol. The molecule has 0 amide bonds. The fourth-order valence-corrected chi connectivity index (χ4v) is 1.83. The molecule has 0 bridgehead atoms. The van der Waals surface area contributed by atoms with Gasteiger partial charge in [-0.15, -0.1) is 0 Å². The van der Waals surface area contributed by atoms with Crippen LogP contribution in [0.4, 0.5) is 4.39 Å². The zero-order valence-electron chi connectivity index (χ0n) is 9.64. The van der Waals surface area contributed by atoms with Gasteiger partial charge in [0.25, 0.3) is 0 Å². The molecule has 0 radical (unpaired) electrons. The van der Waals surface area contributed by atoms with Gasteiger partial charge in [-0.2, -0.15) is 0 Å². The molecule has 0 aliphatic heterocycles. The van der Waals surface area contributed by atoms with E-state index in [-0.39, 0.29) is 5.82 Å². The zero-order chi connectivity index (χ0) is 11.8. The van der Waals surface area contributed by atoms with Crippen molar-refractivity contribution in [1.29, 1.82) is 0 Å². The summed E-state index contributed by atoms with van der Waals surface area (Å²) in [7, 11) is 0. The standard InChI is InChI=1S/C13H18BrFO/c1-2-3-4-5-8-16-10-11-9-12(15)6-7-13(11)14/h6-7,9H,2-5,8,10H2,1H3. The molecule has 1 nitrogen and oxygen atoms in total. The van der Waals surface area contributed by atoms with Crippen molar-refractivity contribution in [3.8, 4) is 0 Å². The average molecular weight is 289 g/mol. The fraction of sp³-hybridized carbons (Fsp3) is 0.538. The Kier molecular flexibility index (Phi) is 6.65. The van der Waals surface area contributed by atoms with E-state index in [0.717, 1.165) is 23.1 Å². The molecule has 0 heterocycles. The second kappa shape index (κ2) is 7.80. The van der Waals surface area contributed by atoms with Crippen LogP contribution in [0.3, 0.4) is 0 Å². The maximum Gasteiger partial charge on any atom is 0.123 e. The summed E-state index contributed by atoms with van der Waals surface area (Å²) in [5.74, 6) is -0.215. The molecule has 0 aromatic heterocycles. The number of hydrogen-bond donors (Lipinski definition) is 0. The van der Waals surface area contributed by atoms with E-state index in [0.29, 0.717) is 6.61 Å². The second-order valence-corrected chi connectivity index (χ2v) is 4.70. The van der Waals surface area contributed by atoms with E-state index in [4.69, 9.17) is 4.74 Å². The van der Waals surface area contributed by atoms with E-state index in [1.54, 1.807) is 6.07 Å². The summed E-state index contributed by atoms with van der Waals surface area (Å²) in [4.78, 5) is 0. The van der Waals surface area contributed by atoms with Crippen LogP contribution in [0, 0.1) is 5.82 Å². The van der Waals surface area contributed by atoms with Crippen molar-refractivity contribution in [3.05, 3.63) is 34.1 Å². The van der Waals surface area contributed by atoms with Gasteiger partial charge in [0, 0.05) is 11.1 Å². The number of rotatable bonds is 7. The minimum atomic E-state index is -0.215. The first-order valence-electron chi connectivity index (χ1n) is 5.75. The lowest BCUT2D eigenvalue weighted by Gasteiger charge is -2.06. The van der Waals surface area contributed by atoms with Crippen LogP contribution in [0.15, 0.2) is 22.7 Å². The third kappa shape index (κ3) is 5.08. The summed E-state index contributed by atoms with van der Waals surface area (Å²) in [6.07, 6.45) is 4.78. The first-order valence-corrected chi connectivity index (χ1v) is 6.55. The lowest BCUT2D eigenvalue weighted by atomic mass is 10.2. The van der Waals surface area contributed by atoms with Gasteiger partial charge < -0.3 is 4.74 Å². The van der Waals surface area contributed by atoms with Crippen LogP contribution in [-0.4, -0.2) is 6.61 Å². The maximum atomic E-state index is 12.9. The first-order chi connectivity index (χ1) is 7.74. The number of benzene rings is 1. The van der Waals surface area contributed by atoms with Gasteiger partial charge in [-0.3, -0.25) is 0 Å². The van der Waals surface area contributed by atoms with Crippen LogP contribution < -0.4 is 0 Å². The lowest BCUT2D eigenvalue weighted by molar-refractivity contribution is 0.116. The van der Waals surface area contributed by atoms with Crippen molar-refractivity contribution in [2.45, 2.75) is 39.2 Å². The van der Waals surface area contributed by atoms with Gasteiger partial charge in [-0.25, -0.2) is 4.39 Å². The quantitative estimate of drug-likeness (QED) is 0.662. The van der Waals surface area contributed by atoms with Crippen LogP contribution in [0.5, 0.6) is 0 Å². The smallest absolute Gasteiger partial charge is 0.123 e. The van der Waals surface area contributed by atoms with Crippen molar-refractivity contribution in [3.63, 3.8) is 0 Å². The monoisotopic (exact) mass is 288 g/mol. The van der Waals surface area contributed by atoms with Gasteiger partial charge in [-0.05, 0) is 30.2 Å². The number of ether oxygens (including phenoxy) is 1. The SMILES string of the molecule is CCCCCCOCc1cc(F)ccc1Br. The highest BCUT2D eigenvalue weighted by molar-refractivity contribution is 9.10. The molecule has 0 aliphatic carbocycles. The molecule has 0 saturated heterocycles. The average Bonchev–Trinajstić information content (AvgIpc) is 2.28. The Bertz CT molecular complexity index is 315. The molecule has 0 atom stereocenters. The Morgan fingerprint density at radius 3 is 2.81 bits per heavy atom. The molecule has 0 N–H and O–H groups in total. The minimum absolute atomic E-state index is 0.215. The summed E-state index contributed by atoms with van der Waals surface area (Å²) in [5.41, 5.74) is 0.871. The van der Waals surface area contributed by atoms with Crippen molar-refractivity contribution in [1.82, 2.24) is 0 Å². The molecule has 1 aromatic carbocycles. The van der Waals surface area contributed by atoms with Crippen LogP contribution >= 0.6 is 15.9 Å². The third-order valence-corrected chi connectivity index (χ3v) is 3.18. The van der Waals surface area contributed by atoms with E-state index in [2.05, 4.69) is 22.9 Å². The summed E-state index contributed by atoms with van der Waals surface area (Å²) in [5, 5.41) is 0. The summed E-state index contributed by atoms with van der Waals surface area (Å²) >= 11 is 3.38. The molecule has 0 spiro atoms. The summed E-state index contributed by atoms with van der Waals surface area (Å²) in [6.45, 7) is 3.41. The van der Waals surface area contributed by atoms with Gasteiger partial charge in [-0.1, -0.05) is 42.1 Å². The topological polar surface area (TPSA) is 9.23 Å². The van der Waals surface area contributed by atoms with Crippen LogP contribution in [0.1, 0.15) is 38.2 Å². The van der Waals surface area contributed by atoms with E-state index in [9.17, 15) is 4.39 Å². The predicted molar refractivity (Wildman–Crippen MR) is 67.9 cm³/mol. The largest absolute Gasteiger partial charge is 0.377 e. The minimum Gasteiger partial charge on any atom is -0.377 e. The van der Waals surface area contributed by atoms with Crippen molar-refractivity contribution in [2.24, 2.45) is 0 Å². The number of halogens is 2. The predicted octanol–water partition coefficient (Wildman–Crippen LogP) is 4.69. The van der Waals surface area contributed by atoms with Gasteiger partial charge in [0.2, 0.25) is 0 Å². The van der Waals surface area contributed by atoms with Gasteiger partial charge in [0.05, 0.1) is 6.61 Å². The Morgan fingerprint density at radius 1 is 1.25 bits per heavy atom. The van der Waals surface area contributed by atoms with Crippen molar-refractivity contribution < 1.29 is 9.13 Å².